The maximum Gasteiger partial charge on any atom is 0.211 e. The second-order valence-electron chi connectivity index (χ2n) is 5.12. The van der Waals surface area contributed by atoms with Gasteiger partial charge in [0.25, 0.3) is 0 Å². The zero-order valence-corrected chi connectivity index (χ0v) is 18.2. The highest BCUT2D eigenvalue weighted by Crippen LogP contribution is 2.13. The smallest absolute Gasteiger partial charge is 0.211 e. The molecule has 0 aliphatic rings. The average Bonchev–Trinajstić information content (AvgIpc) is 2.59. The van der Waals surface area contributed by atoms with E-state index in [1.54, 1.807) is 14.0 Å². The van der Waals surface area contributed by atoms with Crippen molar-refractivity contribution in [3.05, 3.63) is 29.8 Å². The van der Waals surface area contributed by atoms with Crippen molar-refractivity contribution in [2.45, 2.75) is 26.8 Å². The topological polar surface area (TPSA) is 91.8 Å². The summed E-state index contributed by atoms with van der Waals surface area (Å²) in [5.74, 6) is 1.62. The van der Waals surface area contributed by atoms with Crippen molar-refractivity contribution in [2.75, 3.05) is 32.5 Å². The van der Waals surface area contributed by atoms with Crippen LogP contribution in [-0.2, 0) is 16.6 Å². The highest BCUT2D eigenvalue weighted by atomic mass is 127. The molecule has 0 fully saturated rings. The molecule has 1 rings (SSSR count). The molecule has 0 unspecified atom stereocenters. The van der Waals surface area contributed by atoms with Gasteiger partial charge in [0.1, 0.15) is 5.75 Å². The number of sulfonamides is 1. The van der Waals surface area contributed by atoms with E-state index in [2.05, 4.69) is 20.3 Å². The van der Waals surface area contributed by atoms with Gasteiger partial charge in [-0.05, 0) is 38.0 Å². The molecule has 0 aromatic heterocycles. The van der Waals surface area contributed by atoms with Gasteiger partial charge in [-0.3, -0.25) is 0 Å². The van der Waals surface area contributed by atoms with Crippen molar-refractivity contribution in [2.24, 2.45) is 4.99 Å². The van der Waals surface area contributed by atoms with Gasteiger partial charge in [0.15, 0.2) is 5.96 Å². The molecule has 25 heavy (non-hydrogen) atoms. The van der Waals surface area contributed by atoms with Gasteiger partial charge in [0.05, 0.1) is 19.4 Å². The fraction of sp³-hybridized carbons (Fsp3) is 0.562. The lowest BCUT2D eigenvalue weighted by Crippen LogP contribution is -2.38. The zero-order chi connectivity index (χ0) is 17.8. The summed E-state index contributed by atoms with van der Waals surface area (Å²) < 4.78 is 30.4. The van der Waals surface area contributed by atoms with Gasteiger partial charge in [0.2, 0.25) is 10.0 Å². The van der Waals surface area contributed by atoms with E-state index in [9.17, 15) is 8.42 Å². The highest BCUT2D eigenvalue weighted by molar-refractivity contribution is 14.0. The van der Waals surface area contributed by atoms with Crippen LogP contribution in [0.15, 0.2) is 29.3 Å². The Morgan fingerprint density at radius 3 is 2.60 bits per heavy atom. The Bertz CT molecular complexity index is 624. The first kappa shape index (κ1) is 23.9. The van der Waals surface area contributed by atoms with E-state index < -0.39 is 10.0 Å². The van der Waals surface area contributed by atoms with Gasteiger partial charge in [-0.25, -0.2) is 18.1 Å². The Balaban J connectivity index is 0.00000576. The van der Waals surface area contributed by atoms with E-state index in [1.807, 2.05) is 31.2 Å². The van der Waals surface area contributed by atoms with Crippen molar-refractivity contribution in [3.63, 3.8) is 0 Å². The van der Waals surface area contributed by atoms with Crippen LogP contribution in [0.4, 0.5) is 0 Å². The molecule has 0 bridgehead atoms. The van der Waals surface area contributed by atoms with Gasteiger partial charge < -0.3 is 15.4 Å². The van der Waals surface area contributed by atoms with Crippen LogP contribution >= 0.6 is 24.0 Å². The lowest BCUT2D eigenvalue weighted by molar-refractivity contribution is 0.414. The van der Waals surface area contributed by atoms with E-state index in [1.165, 1.54) is 0 Å². The van der Waals surface area contributed by atoms with Gasteiger partial charge in [0, 0.05) is 19.6 Å². The molecule has 3 N–H and O–H groups in total. The predicted molar refractivity (Wildman–Crippen MR) is 113 cm³/mol. The number of benzene rings is 1. The summed E-state index contributed by atoms with van der Waals surface area (Å²) in [4.78, 5) is 4.52. The fourth-order valence-electron chi connectivity index (χ4n) is 1.91. The predicted octanol–water partition coefficient (Wildman–Crippen LogP) is 1.70. The second kappa shape index (κ2) is 13.2. The Kier molecular flexibility index (Phi) is 12.6. The maximum absolute atomic E-state index is 11.3. The minimum absolute atomic E-state index is 0. The van der Waals surface area contributed by atoms with E-state index in [-0.39, 0.29) is 29.7 Å². The Labute approximate surface area is 168 Å². The summed E-state index contributed by atoms with van der Waals surface area (Å²) in [5, 5.41) is 6.37. The van der Waals surface area contributed by atoms with Crippen LogP contribution in [0.25, 0.3) is 0 Å². The van der Waals surface area contributed by atoms with Crippen molar-refractivity contribution >= 4 is 40.0 Å². The number of hydrogen-bond acceptors (Lipinski definition) is 4. The minimum atomic E-state index is -3.12. The number of methoxy groups -OCH3 is 1. The number of guanidine groups is 1. The first-order valence-corrected chi connectivity index (χ1v) is 9.78. The number of nitrogens with one attached hydrogen (secondary N) is 3. The molecule has 0 saturated heterocycles. The molecule has 0 saturated carbocycles. The molecule has 0 heterocycles. The Hall–Kier alpha value is -1.07. The SMILES string of the molecule is CCNC(=NCc1cccc(OC)c1)NCCCNS(=O)(=O)CC.I. The molecule has 9 heteroatoms. The average molecular weight is 484 g/mol. The highest BCUT2D eigenvalue weighted by Gasteiger charge is 2.04. The maximum atomic E-state index is 11.3. The summed E-state index contributed by atoms with van der Waals surface area (Å²) in [6.45, 7) is 5.96. The molecular weight excluding hydrogens is 455 g/mol. The lowest BCUT2D eigenvalue weighted by atomic mass is 10.2. The van der Waals surface area contributed by atoms with E-state index in [0.29, 0.717) is 32.0 Å². The Morgan fingerprint density at radius 2 is 1.96 bits per heavy atom. The third-order valence-electron chi connectivity index (χ3n) is 3.25. The Morgan fingerprint density at radius 1 is 1.20 bits per heavy atom. The number of hydrogen-bond donors (Lipinski definition) is 3. The largest absolute Gasteiger partial charge is 0.497 e. The summed E-state index contributed by atoms with van der Waals surface area (Å²) in [5.41, 5.74) is 1.06. The van der Waals surface area contributed by atoms with Crippen molar-refractivity contribution < 1.29 is 13.2 Å². The molecule has 0 spiro atoms. The number of aliphatic imine (C=N–C) groups is 1. The van der Waals surface area contributed by atoms with Crippen LogP contribution in [0.5, 0.6) is 5.75 Å². The molecule has 0 radical (unpaired) electrons. The van der Waals surface area contributed by atoms with Crippen LogP contribution in [-0.4, -0.2) is 46.9 Å². The van der Waals surface area contributed by atoms with Crippen molar-refractivity contribution in [1.29, 1.82) is 0 Å². The summed E-state index contributed by atoms with van der Waals surface area (Å²) >= 11 is 0. The molecular formula is C16H29IN4O3S. The van der Waals surface area contributed by atoms with Gasteiger partial charge >= 0.3 is 0 Å². The molecule has 1 aromatic rings. The molecule has 0 amide bonds. The lowest BCUT2D eigenvalue weighted by Gasteiger charge is -2.11. The molecule has 0 aliphatic carbocycles. The van der Waals surface area contributed by atoms with Crippen LogP contribution in [0, 0.1) is 0 Å². The monoisotopic (exact) mass is 484 g/mol. The second-order valence-corrected chi connectivity index (χ2v) is 7.22. The summed E-state index contributed by atoms with van der Waals surface area (Å²) in [7, 11) is -1.48. The van der Waals surface area contributed by atoms with E-state index in [0.717, 1.165) is 17.9 Å². The normalized spacial score (nSPS) is 11.6. The van der Waals surface area contributed by atoms with Crippen LogP contribution in [0.3, 0.4) is 0 Å². The van der Waals surface area contributed by atoms with Crippen LogP contribution < -0.4 is 20.1 Å². The zero-order valence-electron chi connectivity index (χ0n) is 15.0. The first-order valence-electron chi connectivity index (χ1n) is 8.13. The van der Waals surface area contributed by atoms with Crippen LogP contribution in [0.2, 0.25) is 0 Å². The molecule has 144 valence electrons. The summed E-state index contributed by atoms with van der Waals surface area (Å²) in [6.07, 6.45) is 0.683. The van der Waals surface area contributed by atoms with E-state index in [4.69, 9.17) is 4.74 Å². The number of rotatable bonds is 10. The molecule has 7 nitrogen and oxygen atoms in total. The quantitative estimate of drug-likeness (QED) is 0.204. The van der Waals surface area contributed by atoms with Crippen LogP contribution in [0.1, 0.15) is 25.8 Å². The molecule has 1 aromatic carbocycles. The van der Waals surface area contributed by atoms with Gasteiger partial charge in [-0.1, -0.05) is 12.1 Å². The summed E-state index contributed by atoms with van der Waals surface area (Å²) in [6, 6.07) is 7.78. The van der Waals surface area contributed by atoms with Crippen molar-refractivity contribution in [1.82, 2.24) is 15.4 Å². The fourth-order valence-corrected chi connectivity index (χ4v) is 2.57. The number of nitrogens with zero attached hydrogens (tertiary/aromatic N) is 1. The van der Waals surface area contributed by atoms with Gasteiger partial charge in [-0.2, -0.15) is 0 Å². The van der Waals surface area contributed by atoms with E-state index >= 15 is 0 Å². The number of halogens is 1. The molecule has 0 aliphatic heterocycles. The minimum Gasteiger partial charge on any atom is -0.497 e. The number of ether oxygens (including phenoxy) is 1. The van der Waals surface area contributed by atoms with Crippen molar-refractivity contribution in [3.8, 4) is 5.75 Å². The van der Waals surface area contributed by atoms with Gasteiger partial charge in [-0.15, -0.1) is 24.0 Å². The third-order valence-corrected chi connectivity index (χ3v) is 4.65. The standard InChI is InChI=1S/C16H28N4O3S.HI/c1-4-17-16(18-10-7-11-20-24(21,22)5-2)19-13-14-8-6-9-15(12-14)23-3;/h6,8-9,12,20H,4-5,7,10-11,13H2,1-3H3,(H2,17,18,19);1H. The molecule has 0 atom stereocenters. The third kappa shape index (κ3) is 10.5. The first-order chi connectivity index (χ1) is 11.5.